The predicted octanol–water partition coefficient (Wildman–Crippen LogP) is 2.52. The van der Waals surface area contributed by atoms with E-state index in [-0.39, 0.29) is 11.7 Å². The van der Waals surface area contributed by atoms with E-state index >= 15 is 0 Å². The van der Waals surface area contributed by atoms with Gasteiger partial charge in [-0.1, -0.05) is 12.1 Å². The molecule has 2 rings (SSSR count). The van der Waals surface area contributed by atoms with Gasteiger partial charge in [-0.2, -0.15) is 0 Å². The first-order chi connectivity index (χ1) is 6.31. The lowest BCUT2D eigenvalue weighted by molar-refractivity contribution is -0.109. The molecule has 1 fully saturated rings. The summed E-state index contributed by atoms with van der Waals surface area (Å²) in [6.07, 6.45) is 3.13. The van der Waals surface area contributed by atoms with Crippen LogP contribution in [0.4, 0.5) is 4.39 Å². The van der Waals surface area contributed by atoms with Crippen molar-refractivity contribution in [2.75, 3.05) is 0 Å². The standard InChI is InChI=1S/C11H11FO/c12-10-3-1-2-9(6-10)11(7-13)8-4-5-8/h1-3,6-8,11H,4-5H2. The fraction of sp³-hybridized carbons (Fsp3) is 0.364. The molecular formula is C11H11FO. The summed E-state index contributed by atoms with van der Waals surface area (Å²) in [6, 6.07) is 6.33. The summed E-state index contributed by atoms with van der Waals surface area (Å²) < 4.78 is 12.8. The molecule has 1 aromatic rings. The molecule has 0 heterocycles. The number of hydrogen-bond acceptors (Lipinski definition) is 1. The lowest BCUT2D eigenvalue weighted by atomic mass is 9.96. The Morgan fingerprint density at radius 2 is 2.23 bits per heavy atom. The van der Waals surface area contributed by atoms with Gasteiger partial charge in [0.25, 0.3) is 0 Å². The Balaban J connectivity index is 2.26. The van der Waals surface area contributed by atoms with Crippen LogP contribution in [0, 0.1) is 11.7 Å². The van der Waals surface area contributed by atoms with Crippen molar-refractivity contribution < 1.29 is 9.18 Å². The normalized spacial score (nSPS) is 18.2. The minimum atomic E-state index is -0.259. The van der Waals surface area contributed by atoms with Gasteiger partial charge in [-0.25, -0.2) is 4.39 Å². The van der Waals surface area contributed by atoms with Crippen molar-refractivity contribution in [1.29, 1.82) is 0 Å². The molecule has 1 unspecified atom stereocenters. The second kappa shape index (κ2) is 3.29. The Morgan fingerprint density at radius 1 is 1.46 bits per heavy atom. The fourth-order valence-electron chi connectivity index (χ4n) is 1.63. The van der Waals surface area contributed by atoms with E-state index in [4.69, 9.17) is 0 Å². The number of aldehydes is 1. The molecular weight excluding hydrogens is 167 g/mol. The highest BCUT2D eigenvalue weighted by Gasteiger charge is 2.31. The molecule has 2 heteroatoms. The summed E-state index contributed by atoms with van der Waals surface area (Å²) in [5, 5.41) is 0. The monoisotopic (exact) mass is 178 g/mol. The lowest BCUT2D eigenvalue weighted by Crippen LogP contribution is -2.02. The highest BCUT2D eigenvalue weighted by Crippen LogP contribution is 2.41. The minimum absolute atomic E-state index is 0.0873. The summed E-state index contributed by atoms with van der Waals surface area (Å²) in [6.45, 7) is 0. The maximum Gasteiger partial charge on any atom is 0.127 e. The number of rotatable bonds is 3. The van der Waals surface area contributed by atoms with E-state index in [1.165, 1.54) is 12.1 Å². The predicted molar refractivity (Wildman–Crippen MR) is 47.9 cm³/mol. The molecule has 0 N–H and O–H groups in total. The second-order valence-electron chi connectivity index (χ2n) is 3.55. The van der Waals surface area contributed by atoms with Crippen LogP contribution in [-0.2, 0) is 4.79 Å². The Bertz CT molecular complexity index is 318. The summed E-state index contributed by atoms with van der Waals surface area (Å²) in [5.74, 6) is 0.111. The Morgan fingerprint density at radius 3 is 2.77 bits per heavy atom. The molecule has 0 saturated heterocycles. The molecule has 0 aromatic heterocycles. The van der Waals surface area contributed by atoms with Gasteiger partial charge in [0.05, 0.1) is 0 Å². The van der Waals surface area contributed by atoms with Gasteiger partial charge >= 0.3 is 0 Å². The second-order valence-corrected chi connectivity index (χ2v) is 3.55. The van der Waals surface area contributed by atoms with Crippen LogP contribution in [-0.4, -0.2) is 6.29 Å². The fourth-order valence-corrected chi connectivity index (χ4v) is 1.63. The van der Waals surface area contributed by atoms with Gasteiger partial charge in [0.2, 0.25) is 0 Å². The van der Waals surface area contributed by atoms with E-state index in [9.17, 15) is 9.18 Å². The van der Waals surface area contributed by atoms with E-state index in [0.717, 1.165) is 24.7 Å². The van der Waals surface area contributed by atoms with Crippen molar-refractivity contribution >= 4 is 6.29 Å². The van der Waals surface area contributed by atoms with Crippen LogP contribution in [0.5, 0.6) is 0 Å². The van der Waals surface area contributed by atoms with Gasteiger partial charge in [0.1, 0.15) is 12.1 Å². The zero-order valence-electron chi connectivity index (χ0n) is 7.24. The van der Waals surface area contributed by atoms with Crippen LogP contribution >= 0.6 is 0 Å². The number of hydrogen-bond donors (Lipinski definition) is 0. The van der Waals surface area contributed by atoms with Crippen molar-refractivity contribution in [3.8, 4) is 0 Å². The molecule has 0 radical (unpaired) electrons. The van der Waals surface area contributed by atoms with Crippen molar-refractivity contribution in [2.45, 2.75) is 18.8 Å². The number of benzene rings is 1. The molecule has 1 nitrogen and oxygen atoms in total. The first-order valence-corrected chi connectivity index (χ1v) is 4.52. The van der Waals surface area contributed by atoms with Gasteiger partial charge in [0.15, 0.2) is 0 Å². The Kier molecular flexibility index (Phi) is 2.13. The summed E-state index contributed by atoms with van der Waals surface area (Å²) >= 11 is 0. The average molecular weight is 178 g/mol. The van der Waals surface area contributed by atoms with E-state index in [0.29, 0.717) is 5.92 Å². The van der Waals surface area contributed by atoms with E-state index < -0.39 is 0 Å². The van der Waals surface area contributed by atoms with Crippen LogP contribution < -0.4 is 0 Å². The molecule has 0 amide bonds. The van der Waals surface area contributed by atoms with Gasteiger partial charge in [-0.15, -0.1) is 0 Å². The quantitative estimate of drug-likeness (QED) is 0.650. The number of carbonyl (C=O) groups is 1. The SMILES string of the molecule is O=CC(c1cccc(F)c1)C1CC1. The third-order valence-corrected chi connectivity index (χ3v) is 2.51. The largest absolute Gasteiger partial charge is 0.303 e. The van der Waals surface area contributed by atoms with Crippen LogP contribution in [0.3, 0.4) is 0 Å². The molecule has 68 valence electrons. The zero-order valence-corrected chi connectivity index (χ0v) is 7.24. The first kappa shape index (κ1) is 8.42. The highest BCUT2D eigenvalue weighted by atomic mass is 19.1. The third kappa shape index (κ3) is 1.77. The number of carbonyl (C=O) groups excluding carboxylic acids is 1. The molecule has 1 aliphatic carbocycles. The molecule has 0 spiro atoms. The molecule has 1 saturated carbocycles. The molecule has 1 atom stereocenters. The van der Waals surface area contributed by atoms with Crippen LogP contribution in [0.15, 0.2) is 24.3 Å². The lowest BCUT2D eigenvalue weighted by Gasteiger charge is -2.08. The summed E-state index contributed by atoms with van der Waals surface area (Å²) in [7, 11) is 0. The van der Waals surface area contributed by atoms with E-state index in [1.807, 2.05) is 6.07 Å². The van der Waals surface area contributed by atoms with Gasteiger partial charge in [0, 0.05) is 5.92 Å². The maximum absolute atomic E-state index is 12.8. The van der Waals surface area contributed by atoms with Gasteiger partial charge in [-0.05, 0) is 36.5 Å². The van der Waals surface area contributed by atoms with Crippen molar-refractivity contribution in [3.05, 3.63) is 35.6 Å². The summed E-state index contributed by atoms with van der Waals surface area (Å²) in [5.41, 5.74) is 0.817. The van der Waals surface area contributed by atoms with Gasteiger partial charge in [-0.3, -0.25) is 0 Å². The smallest absolute Gasteiger partial charge is 0.127 e. The molecule has 13 heavy (non-hydrogen) atoms. The topological polar surface area (TPSA) is 17.1 Å². The van der Waals surface area contributed by atoms with Crippen LogP contribution in [0.25, 0.3) is 0 Å². The zero-order chi connectivity index (χ0) is 9.26. The Labute approximate surface area is 76.6 Å². The molecule has 0 bridgehead atoms. The minimum Gasteiger partial charge on any atom is -0.303 e. The molecule has 1 aromatic carbocycles. The number of halogens is 1. The van der Waals surface area contributed by atoms with E-state index in [1.54, 1.807) is 6.07 Å². The molecule has 1 aliphatic rings. The Hall–Kier alpha value is -1.18. The summed E-state index contributed by atoms with van der Waals surface area (Å²) in [4.78, 5) is 10.8. The van der Waals surface area contributed by atoms with Crippen molar-refractivity contribution in [3.63, 3.8) is 0 Å². The first-order valence-electron chi connectivity index (χ1n) is 4.52. The average Bonchev–Trinajstić information content (AvgIpc) is 2.90. The van der Waals surface area contributed by atoms with Crippen molar-refractivity contribution in [2.24, 2.45) is 5.92 Å². The van der Waals surface area contributed by atoms with Gasteiger partial charge < -0.3 is 4.79 Å². The van der Waals surface area contributed by atoms with Crippen LogP contribution in [0.1, 0.15) is 24.3 Å². The van der Waals surface area contributed by atoms with E-state index in [2.05, 4.69) is 0 Å². The van der Waals surface area contributed by atoms with Crippen LogP contribution in [0.2, 0.25) is 0 Å². The highest BCUT2D eigenvalue weighted by molar-refractivity contribution is 5.63. The third-order valence-electron chi connectivity index (χ3n) is 2.51. The maximum atomic E-state index is 12.8. The molecule has 0 aliphatic heterocycles. The van der Waals surface area contributed by atoms with Crippen molar-refractivity contribution in [1.82, 2.24) is 0 Å².